The summed E-state index contributed by atoms with van der Waals surface area (Å²) >= 11 is 6.08. The van der Waals surface area contributed by atoms with Gasteiger partial charge in [-0.05, 0) is 63.4 Å². The Morgan fingerprint density at radius 3 is 2.62 bits per heavy atom. The number of hydrogen-bond donors (Lipinski definition) is 0. The Morgan fingerprint density at radius 2 is 1.87 bits per heavy atom. The Balaban J connectivity index is 1.32. The number of nitrogens with zero attached hydrogens (tertiary/aromatic N) is 7. The van der Waals surface area contributed by atoms with Crippen molar-refractivity contribution < 1.29 is 22.7 Å². The van der Waals surface area contributed by atoms with E-state index in [9.17, 15) is 23.2 Å². The summed E-state index contributed by atoms with van der Waals surface area (Å²) in [7, 11) is 0. The number of benzene rings is 1. The standard InChI is InChI=1S/C34H41ClF3N7O2/c1-2-30(46)45-19-18-44(20-24(45)12-14-39)32-25-13-17-43(29-11-7-9-26(35)31(29)34(36,37)38)21-27(25)40-33(41-32)47-22-23-8-3-4-10-28(23)42-15-5-6-16-42/h2,7,9,11,23-24,28H,1,3-6,8,10,12-13,15-22H2/t23?,24-,28?/m0/s1. The maximum Gasteiger partial charge on any atom is 0.419 e. The van der Waals surface area contributed by atoms with Gasteiger partial charge in [-0.15, -0.1) is 0 Å². The van der Waals surface area contributed by atoms with Crippen molar-refractivity contribution in [2.45, 2.75) is 76.2 Å². The minimum absolute atomic E-state index is 0.0135. The summed E-state index contributed by atoms with van der Waals surface area (Å²) in [5, 5.41) is 9.19. The van der Waals surface area contributed by atoms with E-state index in [0.717, 1.165) is 37.9 Å². The van der Waals surface area contributed by atoms with Crippen LogP contribution in [0.4, 0.5) is 24.7 Å². The first kappa shape index (κ1) is 33.3. The van der Waals surface area contributed by atoms with E-state index in [1.54, 1.807) is 9.80 Å². The molecule has 1 aromatic heterocycles. The lowest BCUT2D eigenvalue weighted by molar-refractivity contribution is -0.137. The lowest BCUT2D eigenvalue weighted by Crippen LogP contribution is -2.55. The van der Waals surface area contributed by atoms with E-state index in [1.807, 2.05) is 0 Å². The molecule has 0 N–H and O–H groups in total. The summed E-state index contributed by atoms with van der Waals surface area (Å²) in [6, 6.07) is 6.74. The number of anilines is 2. The second-order valence-corrected chi connectivity index (χ2v) is 13.3. The summed E-state index contributed by atoms with van der Waals surface area (Å²) in [5.41, 5.74) is 0.601. The number of ether oxygens (including phenoxy) is 1. The van der Waals surface area contributed by atoms with Crippen LogP contribution in [0.1, 0.15) is 61.8 Å². The smallest absolute Gasteiger partial charge is 0.419 e. The van der Waals surface area contributed by atoms with Crippen molar-refractivity contribution >= 4 is 29.0 Å². The van der Waals surface area contributed by atoms with Crippen molar-refractivity contribution in [2.75, 3.05) is 55.7 Å². The highest BCUT2D eigenvalue weighted by atomic mass is 35.5. The van der Waals surface area contributed by atoms with Gasteiger partial charge < -0.3 is 19.4 Å². The Labute approximate surface area is 278 Å². The molecule has 13 heteroatoms. The number of carbonyl (C=O) groups is 1. The number of carbonyl (C=O) groups excluding carboxylic acids is 1. The number of likely N-dealkylation sites (tertiary alicyclic amines) is 1. The SMILES string of the molecule is C=CC(=O)N1CCN(c2nc(OCC3CCCCC3N3CCCC3)nc3c2CCN(c2cccc(Cl)c2C(F)(F)F)C3)C[C@@H]1CC#N. The number of halogens is 4. The quantitative estimate of drug-likeness (QED) is 0.323. The zero-order chi connectivity index (χ0) is 33.1. The van der Waals surface area contributed by atoms with Crippen LogP contribution in [0.3, 0.4) is 0 Å². The van der Waals surface area contributed by atoms with E-state index in [2.05, 4.69) is 22.4 Å². The first-order valence-electron chi connectivity index (χ1n) is 16.6. The Morgan fingerprint density at radius 1 is 1.09 bits per heavy atom. The molecule has 2 aromatic rings. The van der Waals surface area contributed by atoms with E-state index >= 15 is 0 Å². The number of hydrogen-bond acceptors (Lipinski definition) is 8. The Bertz CT molecular complexity index is 1510. The molecule has 4 heterocycles. The first-order valence-corrected chi connectivity index (χ1v) is 17.0. The summed E-state index contributed by atoms with van der Waals surface area (Å²) in [5.74, 6) is 0.771. The van der Waals surface area contributed by atoms with Crippen LogP contribution in [0, 0.1) is 17.2 Å². The highest BCUT2D eigenvalue weighted by Gasteiger charge is 2.39. The van der Waals surface area contributed by atoms with Gasteiger partial charge >= 0.3 is 12.2 Å². The van der Waals surface area contributed by atoms with Crippen molar-refractivity contribution in [1.82, 2.24) is 19.8 Å². The monoisotopic (exact) mass is 671 g/mol. The third-order valence-corrected chi connectivity index (χ3v) is 10.4. The van der Waals surface area contributed by atoms with Gasteiger partial charge in [0, 0.05) is 43.7 Å². The maximum absolute atomic E-state index is 14.1. The highest BCUT2D eigenvalue weighted by Crippen LogP contribution is 2.43. The normalized spacial score (nSPS) is 23.7. The molecule has 252 valence electrons. The zero-order valence-corrected chi connectivity index (χ0v) is 27.3. The Kier molecular flexibility index (Phi) is 10.1. The van der Waals surface area contributed by atoms with Crippen LogP contribution >= 0.6 is 11.6 Å². The largest absolute Gasteiger partial charge is 0.463 e. The van der Waals surface area contributed by atoms with Gasteiger partial charge in [-0.1, -0.05) is 37.1 Å². The van der Waals surface area contributed by atoms with Crippen molar-refractivity contribution in [1.29, 1.82) is 5.26 Å². The summed E-state index contributed by atoms with van der Waals surface area (Å²) in [4.78, 5) is 30.3. The van der Waals surface area contributed by atoms with Crippen molar-refractivity contribution in [3.63, 3.8) is 0 Å². The molecule has 3 atom stereocenters. The van der Waals surface area contributed by atoms with Gasteiger partial charge in [-0.3, -0.25) is 9.69 Å². The average molecular weight is 672 g/mol. The van der Waals surface area contributed by atoms with Crippen molar-refractivity contribution in [3.05, 3.63) is 52.7 Å². The molecule has 4 aliphatic rings. The molecule has 6 rings (SSSR count). The predicted molar refractivity (Wildman–Crippen MR) is 173 cm³/mol. The van der Waals surface area contributed by atoms with Gasteiger partial charge in [0.05, 0.1) is 53.7 Å². The molecule has 47 heavy (non-hydrogen) atoms. The molecule has 0 radical (unpaired) electrons. The fourth-order valence-corrected chi connectivity index (χ4v) is 8.11. The van der Waals surface area contributed by atoms with Crippen LogP contribution in [0.15, 0.2) is 30.9 Å². The second-order valence-electron chi connectivity index (χ2n) is 12.9. The molecule has 1 aliphatic carbocycles. The van der Waals surface area contributed by atoms with Gasteiger partial charge in [0.2, 0.25) is 5.91 Å². The molecule has 9 nitrogen and oxygen atoms in total. The minimum atomic E-state index is -4.62. The van der Waals surface area contributed by atoms with Gasteiger partial charge in [-0.25, -0.2) is 0 Å². The van der Waals surface area contributed by atoms with Gasteiger partial charge in [0.25, 0.3) is 0 Å². The summed E-state index contributed by atoms with van der Waals surface area (Å²) in [6.45, 7) is 7.98. The van der Waals surface area contributed by atoms with Crippen LogP contribution in [-0.4, -0.2) is 83.6 Å². The van der Waals surface area contributed by atoms with Gasteiger partial charge in [0.15, 0.2) is 0 Å². The maximum atomic E-state index is 14.1. The topological polar surface area (TPSA) is 88.8 Å². The number of nitriles is 1. The van der Waals surface area contributed by atoms with Gasteiger partial charge in [-0.2, -0.15) is 28.4 Å². The third-order valence-electron chi connectivity index (χ3n) is 10.1. The van der Waals surface area contributed by atoms with Crippen LogP contribution in [0.25, 0.3) is 0 Å². The van der Waals surface area contributed by atoms with E-state index in [0.29, 0.717) is 62.7 Å². The molecule has 0 spiro atoms. The average Bonchev–Trinajstić information content (AvgIpc) is 3.61. The van der Waals surface area contributed by atoms with Crippen LogP contribution in [-0.2, 0) is 23.9 Å². The molecule has 1 saturated carbocycles. The minimum Gasteiger partial charge on any atom is -0.463 e. The third kappa shape index (κ3) is 7.16. The lowest BCUT2D eigenvalue weighted by atomic mass is 9.84. The van der Waals surface area contributed by atoms with Crippen molar-refractivity contribution in [3.8, 4) is 12.1 Å². The summed E-state index contributed by atoms with van der Waals surface area (Å²) < 4.78 is 48.8. The molecular weight excluding hydrogens is 631 g/mol. The van der Waals surface area contributed by atoms with Crippen molar-refractivity contribution in [2.24, 2.45) is 5.92 Å². The zero-order valence-electron chi connectivity index (χ0n) is 26.5. The molecule has 3 fully saturated rings. The van der Waals surface area contributed by atoms with E-state index in [1.165, 1.54) is 43.5 Å². The van der Waals surface area contributed by atoms with E-state index in [-0.39, 0.29) is 41.6 Å². The molecular formula is C34H41ClF3N7O2. The fourth-order valence-electron chi connectivity index (χ4n) is 7.83. The molecule has 0 bridgehead atoms. The highest BCUT2D eigenvalue weighted by molar-refractivity contribution is 6.31. The number of fused-ring (bicyclic) bond motifs is 1. The van der Waals surface area contributed by atoms with E-state index in [4.69, 9.17) is 26.3 Å². The summed E-state index contributed by atoms with van der Waals surface area (Å²) in [6.07, 6.45) is 4.21. The number of rotatable bonds is 8. The molecule has 1 aromatic carbocycles. The molecule has 1 amide bonds. The van der Waals surface area contributed by atoms with Crippen LogP contribution in [0.2, 0.25) is 5.02 Å². The fraction of sp³-hybridized carbons (Fsp3) is 0.588. The van der Waals surface area contributed by atoms with Crippen LogP contribution < -0.4 is 14.5 Å². The number of amides is 1. The first-order chi connectivity index (χ1) is 22.7. The Hall–Kier alpha value is -3.56. The molecule has 3 aliphatic heterocycles. The number of piperazine rings is 1. The molecule has 2 saturated heterocycles. The van der Waals surface area contributed by atoms with Gasteiger partial charge in [0.1, 0.15) is 5.82 Å². The second kappa shape index (κ2) is 14.3. The van der Waals surface area contributed by atoms with Crippen LogP contribution in [0.5, 0.6) is 6.01 Å². The lowest BCUT2D eigenvalue weighted by Gasteiger charge is -2.42. The molecule has 2 unspecified atom stereocenters. The number of alkyl halides is 3. The number of aromatic nitrogens is 2. The predicted octanol–water partition coefficient (Wildman–Crippen LogP) is 5.86. The van der Waals surface area contributed by atoms with E-state index < -0.39 is 11.7 Å².